The highest BCUT2D eigenvalue weighted by atomic mass is 32.1. The lowest BCUT2D eigenvalue weighted by molar-refractivity contribution is 0.516. The zero-order valence-electron chi connectivity index (χ0n) is 12.6. The minimum absolute atomic E-state index is 0.103. The van der Waals surface area contributed by atoms with E-state index in [9.17, 15) is 0 Å². The molecule has 0 aromatic carbocycles. The number of hydrogen-bond acceptors (Lipinski definition) is 5. The Hall–Kier alpha value is -1.33. The first-order chi connectivity index (χ1) is 9.50. The number of nitrogens with zero attached hydrogens (tertiary/aromatic N) is 3. The van der Waals surface area contributed by atoms with Crippen molar-refractivity contribution in [2.75, 3.05) is 6.54 Å². The quantitative estimate of drug-likeness (QED) is 0.919. The van der Waals surface area contributed by atoms with E-state index in [-0.39, 0.29) is 11.5 Å². The summed E-state index contributed by atoms with van der Waals surface area (Å²) in [5, 5.41) is 6.73. The van der Waals surface area contributed by atoms with Crippen LogP contribution in [0, 0.1) is 0 Å². The van der Waals surface area contributed by atoms with Gasteiger partial charge >= 0.3 is 0 Å². The topological polar surface area (TPSA) is 50.7 Å². The lowest BCUT2D eigenvalue weighted by Gasteiger charge is -2.16. The van der Waals surface area contributed by atoms with Gasteiger partial charge in [0.05, 0.1) is 16.7 Å². The van der Waals surface area contributed by atoms with Crippen LogP contribution in [0.25, 0.3) is 0 Å². The summed E-state index contributed by atoms with van der Waals surface area (Å²) in [6.07, 6.45) is 4.41. The van der Waals surface area contributed by atoms with Crippen LogP contribution < -0.4 is 5.32 Å². The molecule has 2 aromatic rings. The maximum absolute atomic E-state index is 4.75. The van der Waals surface area contributed by atoms with Crippen molar-refractivity contribution < 1.29 is 0 Å². The third kappa shape index (κ3) is 3.84. The van der Waals surface area contributed by atoms with Gasteiger partial charge < -0.3 is 5.32 Å². The number of nitrogens with one attached hydrogen (secondary N) is 1. The summed E-state index contributed by atoms with van der Waals surface area (Å²) in [4.78, 5) is 13.5. The Labute approximate surface area is 124 Å². The minimum atomic E-state index is 0.103. The molecule has 108 valence electrons. The van der Waals surface area contributed by atoms with Gasteiger partial charge in [-0.05, 0) is 12.6 Å². The highest BCUT2D eigenvalue weighted by molar-refractivity contribution is 7.09. The molecule has 0 aliphatic heterocycles. The summed E-state index contributed by atoms with van der Waals surface area (Å²) in [6.45, 7) is 9.55. The Kier molecular flexibility index (Phi) is 4.83. The van der Waals surface area contributed by atoms with Crippen LogP contribution in [0.5, 0.6) is 0 Å². The fraction of sp³-hybridized carbons (Fsp3) is 0.533. The lowest BCUT2D eigenvalue weighted by Crippen LogP contribution is -2.25. The van der Waals surface area contributed by atoms with Crippen LogP contribution in [0.15, 0.2) is 23.8 Å². The second-order valence-electron chi connectivity index (χ2n) is 5.80. The Morgan fingerprint density at radius 3 is 2.50 bits per heavy atom. The molecule has 2 heterocycles. The van der Waals surface area contributed by atoms with Crippen LogP contribution in [0.2, 0.25) is 0 Å². The van der Waals surface area contributed by atoms with E-state index in [0.717, 1.165) is 29.5 Å². The smallest absolute Gasteiger partial charge is 0.145 e. The predicted molar refractivity (Wildman–Crippen MR) is 83.0 cm³/mol. The van der Waals surface area contributed by atoms with Crippen LogP contribution >= 0.6 is 11.3 Å². The van der Waals surface area contributed by atoms with Crippen LogP contribution in [-0.2, 0) is 11.8 Å². The summed E-state index contributed by atoms with van der Waals surface area (Å²) in [5.74, 6) is 0.835. The monoisotopic (exact) mass is 290 g/mol. The van der Waals surface area contributed by atoms with E-state index in [1.54, 1.807) is 23.7 Å². The summed E-state index contributed by atoms with van der Waals surface area (Å²) in [6, 6.07) is 1.97. The first-order valence-corrected chi connectivity index (χ1v) is 7.84. The van der Waals surface area contributed by atoms with Crippen molar-refractivity contribution >= 4 is 11.3 Å². The molecule has 1 atom stereocenters. The summed E-state index contributed by atoms with van der Waals surface area (Å²) in [7, 11) is 0. The first-order valence-electron chi connectivity index (χ1n) is 6.96. The van der Waals surface area contributed by atoms with Crippen LogP contribution in [0.3, 0.4) is 0 Å². The van der Waals surface area contributed by atoms with Gasteiger partial charge in [-0.25, -0.2) is 15.0 Å². The summed E-state index contributed by atoms with van der Waals surface area (Å²) < 4.78 is 0. The van der Waals surface area contributed by atoms with E-state index >= 15 is 0 Å². The Balaban J connectivity index is 2.15. The van der Waals surface area contributed by atoms with Gasteiger partial charge in [-0.15, -0.1) is 11.3 Å². The molecule has 2 rings (SSSR count). The second kappa shape index (κ2) is 6.41. The minimum Gasteiger partial charge on any atom is -0.307 e. The summed E-state index contributed by atoms with van der Waals surface area (Å²) in [5.41, 5.74) is 1.26. The third-order valence-electron chi connectivity index (χ3n) is 3.05. The zero-order chi connectivity index (χ0) is 14.6. The molecule has 0 amide bonds. The lowest BCUT2D eigenvalue weighted by atomic mass is 9.93. The van der Waals surface area contributed by atoms with Gasteiger partial charge in [0, 0.05) is 29.6 Å². The van der Waals surface area contributed by atoms with Crippen molar-refractivity contribution in [3.05, 3.63) is 40.4 Å². The molecule has 1 unspecified atom stereocenters. The molecule has 0 bridgehead atoms. The molecular formula is C15H22N4S. The molecule has 4 nitrogen and oxygen atoms in total. The Morgan fingerprint density at radius 1 is 1.25 bits per heavy atom. The van der Waals surface area contributed by atoms with Gasteiger partial charge in [-0.2, -0.15) is 0 Å². The van der Waals surface area contributed by atoms with Gasteiger partial charge in [-0.3, -0.25) is 0 Å². The van der Waals surface area contributed by atoms with Gasteiger partial charge in [-0.1, -0.05) is 27.7 Å². The van der Waals surface area contributed by atoms with Crippen LogP contribution in [0.1, 0.15) is 50.3 Å². The average Bonchev–Trinajstić information content (AvgIpc) is 2.88. The molecule has 0 fully saturated rings. The maximum Gasteiger partial charge on any atom is 0.145 e. The Bertz CT molecular complexity index is 530. The molecule has 1 N–H and O–H groups in total. The van der Waals surface area contributed by atoms with Crippen molar-refractivity contribution in [2.24, 2.45) is 0 Å². The summed E-state index contributed by atoms with van der Waals surface area (Å²) >= 11 is 1.72. The van der Waals surface area contributed by atoms with Gasteiger partial charge in [0.1, 0.15) is 5.82 Å². The van der Waals surface area contributed by atoms with Crippen molar-refractivity contribution in [3.63, 3.8) is 0 Å². The molecule has 0 aliphatic carbocycles. The largest absolute Gasteiger partial charge is 0.307 e. The number of likely N-dealkylation sites (N-methyl/N-ethyl adjacent to an activating group) is 1. The first kappa shape index (κ1) is 15.1. The van der Waals surface area contributed by atoms with Gasteiger partial charge in [0.15, 0.2) is 0 Å². The van der Waals surface area contributed by atoms with E-state index in [1.165, 1.54) is 0 Å². The second-order valence-corrected chi connectivity index (χ2v) is 6.74. The van der Waals surface area contributed by atoms with Crippen molar-refractivity contribution in [1.82, 2.24) is 20.3 Å². The standard InChI is InChI=1S/C15H22N4S/c1-5-16-11(14-17-7-6-8-18-14)9-13-19-12(10-20-13)15(2,3)4/h6-8,10-11,16H,5,9H2,1-4H3. The molecule has 2 aromatic heterocycles. The molecule has 0 spiro atoms. The highest BCUT2D eigenvalue weighted by Gasteiger charge is 2.20. The van der Waals surface area contributed by atoms with Crippen molar-refractivity contribution in [1.29, 1.82) is 0 Å². The number of thiazole rings is 1. The average molecular weight is 290 g/mol. The van der Waals surface area contributed by atoms with Crippen molar-refractivity contribution in [2.45, 2.75) is 45.6 Å². The maximum atomic E-state index is 4.75. The molecule has 0 saturated carbocycles. The number of hydrogen-bond donors (Lipinski definition) is 1. The van der Waals surface area contributed by atoms with Crippen molar-refractivity contribution in [3.8, 4) is 0 Å². The molecule has 0 radical (unpaired) electrons. The fourth-order valence-corrected chi connectivity index (χ4v) is 2.98. The van der Waals surface area contributed by atoms with Crippen LogP contribution in [0.4, 0.5) is 0 Å². The fourth-order valence-electron chi connectivity index (χ4n) is 1.92. The van der Waals surface area contributed by atoms with Crippen LogP contribution in [-0.4, -0.2) is 21.5 Å². The zero-order valence-corrected chi connectivity index (χ0v) is 13.4. The van der Waals surface area contributed by atoms with E-state index in [4.69, 9.17) is 4.98 Å². The predicted octanol–water partition coefficient (Wildman–Crippen LogP) is 3.12. The van der Waals surface area contributed by atoms with E-state index in [1.807, 2.05) is 6.07 Å². The number of rotatable bonds is 5. The molecule has 20 heavy (non-hydrogen) atoms. The van der Waals surface area contributed by atoms with Gasteiger partial charge in [0.2, 0.25) is 0 Å². The normalized spacial score (nSPS) is 13.4. The molecular weight excluding hydrogens is 268 g/mol. The molecule has 5 heteroatoms. The van der Waals surface area contributed by atoms with E-state index in [0.29, 0.717) is 0 Å². The highest BCUT2D eigenvalue weighted by Crippen LogP contribution is 2.26. The third-order valence-corrected chi connectivity index (χ3v) is 3.92. The van der Waals surface area contributed by atoms with E-state index < -0.39 is 0 Å². The molecule has 0 saturated heterocycles. The van der Waals surface area contributed by atoms with Gasteiger partial charge in [0.25, 0.3) is 0 Å². The van der Waals surface area contributed by atoms with E-state index in [2.05, 4.69) is 48.4 Å². The molecule has 0 aliphatic rings. The number of aromatic nitrogens is 3. The Morgan fingerprint density at radius 2 is 1.95 bits per heavy atom. The SMILES string of the molecule is CCNC(Cc1nc(C(C)(C)C)cs1)c1ncccn1.